The van der Waals surface area contributed by atoms with Crippen molar-refractivity contribution in [3.05, 3.63) is 82.6 Å². The number of thioether (sulfide) groups is 1. The molecule has 0 radical (unpaired) electrons. The summed E-state index contributed by atoms with van der Waals surface area (Å²) in [5.74, 6) is 1.53. The minimum Gasteiger partial charge on any atom is -0.462 e. The molecule has 1 heterocycles. The van der Waals surface area contributed by atoms with Gasteiger partial charge >= 0.3 is 5.97 Å². The lowest BCUT2D eigenvalue weighted by molar-refractivity contribution is -0.118. The fraction of sp³-hybridized carbons (Fsp3) is 0.174. The van der Waals surface area contributed by atoms with Crippen molar-refractivity contribution in [3.8, 4) is 11.3 Å². The molecular weight excluding hydrogens is 436 g/mol. The number of nitrogens with one attached hydrogen (secondary N) is 1. The quantitative estimate of drug-likeness (QED) is 0.273. The van der Waals surface area contributed by atoms with Crippen LogP contribution in [0.25, 0.3) is 11.3 Å². The molecule has 0 bridgehead atoms. The molecule has 3 rings (SSSR count). The van der Waals surface area contributed by atoms with E-state index in [1.54, 1.807) is 43.3 Å². The van der Waals surface area contributed by atoms with Crippen molar-refractivity contribution in [1.82, 2.24) is 5.43 Å². The molecule has 0 atom stereocenters. The zero-order chi connectivity index (χ0) is 22.1. The highest BCUT2D eigenvalue weighted by atomic mass is 35.5. The van der Waals surface area contributed by atoms with E-state index in [2.05, 4.69) is 10.5 Å². The van der Waals surface area contributed by atoms with Crippen LogP contribution in [0.5, 0.6) is 0 Å². The Bertz CT molecular complexity index is 1060. The second kappa shape index (κ2) is 11.4. The molecule has 8 heteroatoms. The molecule has 1 aromatic heterocycles. The maximum Gasteiger partial charge on any atom is 0.338 e. The number of furan rings is 1. The van der Waals surface area contributed by atoms with Crippen molar-refractivity contribution in [2.24, 2.45) is 5.10 Å². The number of nitrogens with zero attached hydrogens (tertiary/aromatic N) is 1. The van der Waals surface area contributed by atoms with Crippen LogP contribution in [0.3, 0.4) is 0 Å². The van der Waals surface area contributed by atoms with Crippen LogP contribution >= 0.6 is 23.4 Å². The van der Waals surface area contributed by atoms with Gasteiger partial charge in [-0.25, -0.2) is 10.2 Å². The average Bonchev–Trinajstić information content (AvgIpc) is 3.23. The normalized spacial score (nSPS) is 10.9. The molecule has 2 aromatic carbocycles. The van der Waals surface area contributed by atoms with Gasteiger partial charge in [0.25, 0.3) is 0 Å². The van der Waals surface area contributed by atoms with Gasteiger partial charge in [0.15, 0.2) is 0 Å². The Labute approximate surface area is 189 Å². The van der Waals surface area contributed by atoms with Gasteiger partial charge < -0.3 is 9.15 Å². The van der Waals surface area contributed by atoms with Crippen LogP contribution in [0.1, 0.15) is 28.6 Å². The van der Waals surface area contributed by atoms with E-state index in [4.69, 9.17) is 20.8 Å². The van der Waals surface area contributed by atoms with E-state index in [0.717, 1.165) is 11.1 Å². The third-order valence-corrected chi connectivity index (χ3v) is 5.32. The predicted octanol–water partition coefficient (Wildman–Crippen LogP) is 5.16. The number of halogens is 1. The fourth-order valence-electron chi connectivity index (χ4n) is 2.65. The maximum absolute atomic E-state index is 11.9. The Morgan fingerprint density at radius 2 is 1.97 bits per heavy atom. The molecule has 0 saturated carbocycles. The van der Waals surface area contributed by atoms with Gasteiger partial charge in [-0.05, 0) is 48.9 Å². The first-order valence-corrected chi connectivity index (χ1v) is 11.1. The number of ether oxygens (including phenoxy) is 1. The van der Waals surface area contributed by atoms with E-state index in [1.165, 1.54) is 18.0 Å². The molecule has 31 heavy (non-hydrogen) atoms. The number of benzene rings is 2. The second-order valence-corrected chi connectivity index (χ2v) is 7.84. The third kappa shape index (κ3) is 7.01. The summed E-state index contributed by atoms with van der Waals surface area (Å²) in [5, 5.41) is 4.61. The Balaban J connectivity index is 1.46. The molecule has 0 spiro atoms. The van der Waals surface area contributed by atoms with Gasteiger partial charge in [0.1, 0.15) is 11.5 Å². The van der Waals surface area contributed by atoms with Crippen molar-refractivity contribution in [1.29, 1.82) is 0 Å². The zero-order valence-electron chi connectivity index (χ0n) is 16.8. The number of hydrogen-bond donors (Lipinski definition) is 1. The van der Waals surface area contributed by atoms with Gasteiger partial charge in [-0.2, -0.15) is 5.10 Å². The van der Waals surface area contributed by atoms with Crippen LogP contribution in [-0.4, -0.2) is 30.5 Å². The Kier molecular flexibility index (Phi) is 8.32. The summed E-state index contributed by atoms with van der Waals surface area (Å²) in [6, 6.07) is 18.0. The Morgan fingerprint density at radius 3 is 2.71 bits per heavy atom. The topological polar surface area (TPSA) is 80.9 Å². The van der Waals surface area contributed by atoms with Gasteiger partial charge in [0.05, 0.1) is 24.1 Å². The molecule has 0 aliphatic carbocycles. The van der Waals surface area contributed by atoms with Crippen LogP contribution in [0.2, 0.25) is 5.02 Å². The SMILES string of the molecule is CCOC(=O)c1ccc(-c2ccc(/C=N/NC(=O)CSCc3cccc(Cl)c3)o2)cc1. The van der Waals surface area contributed by atoms with Crippen LogP contribution in [0.15, 0.2) is 70.2 Å². The summed E-state index contributed by atoms with van der Waals surface area (Å²) in [4.78, 5) is 23.6. The monoisotopic (exact) mass is 456 g/mol. The molecule has 1 N–H and O–H groups in total. The van der Waals surface area contributed by atoms with E-state index in [-0.39, 0.29) is 17.6 Å². The van der Waals surface area contributed by atoms with Crippen LogP contribution in [0, 0.1) is 0 Å². The van der Waals surface area contributed by atoms with Gasteiger partial charge in [-0.15, -0.1) is 11.8 Å². The van der Waals surface area contributed by atoms with E-state index in [0.29, 0.717) is 34.5 Å². The number of carbonyl (C=O) groups is 2. The Morgan fingerprint density at radius 1 is 1.16 bits per heavy atom. The van der Waals surface area contributed by atoms with E-state index in [9.17, 15) is 9.59 Å². The number of carbonyl (C=O) groups excluding carboxylic acids is 2. The molecule has 0 aliphatic heterocycles. The first-order chi connectivity index (χ1) is 15.0. The van der Waals surface area contributed by atoms with Gasteiger partial charge in [0, 0.05) is 16.3 Å². The number of hydrazone groups is 1. The van der Waals surface area contributed by atoms with Crippen LogP contribution in [0.4, 0.5) is 0 Å². The van der Waals surface area contributed by atoms with Crippen LogP contribution in [-0.2, 0) is 15.3 Å². The number of hydrogen-bond acceptors (Lipinski definition) is 6. The standard InChI is InChI=1S/C23H21ClN2O4S/c1-2-29-23(28)18-8-6-17(7-9-18)21-11-10-20(30-21)13-25-26-22(27)15-31-14-16-4-3-5-19(24)12-16/h3-13H,2,14-15H2,1H3,(H,26,27)/b25-13+. The third-order valence-electron chi connectivity index (χ3n) is 4.08. The fourth-order valence-corrected chi connectivity index (χ4v) is 3.63. The van der Waals surface area contributed by atoms with Gasteiger partial charge in [-0.3, -0.25) is 4.79 Å². The lowest BCUT2D eigenvalue weighted by Crippen LogP contribution is -2.19. The second-order valence-electron chi connectivity index (χ2n) is 6.42. The molecule has 6 nitrogen and oxygen atoms in total. The minimum atomic E-state index is -0.359. The zero-order valence-corrected chi connectivity index (χ0v) is 18.4. The summed E-state index contributed by atoms with van der Waals surface area (Å²) in [5.41, 5.74) is 4.84. The van der Waals surface area contributed by atoms with Gasteiger partial charge in [-0.1, -0.05) is 35.9 Å². The first-order valence-electron chi connectivity index (χ1n) is 9.56. The molecule has 0 aliphatic rings. The smallest absolute Gasteiger partial charge is 0.338 e. The Hall–Kier alpha value is -3.03. The largest absolute Gasteiger partial charge is 0.462 e. The van der Waals surface area contributed by atoms with E-state index < -0.39 is 0 Å². The van der Waals surface area contributed by atoms with E-state index >= 15 is 0 Å². The highest BCUT2D eigenvalue weighted by molar-refractivity contribution is 7.99. The first kappa shape index (κ1) is 22.7. The van der Waals surface area contributed by atoms with Crippen molar-refractivity contribution in [2.75, 3.05) is 12.4 Å². The lowest BCUT2D eigenvalue weighted by atomic mass is 10.1. The lowest BCUT2D eigenvalue weighted by Gasteiger charge is -2.02. The predicted molar refractivity (Wildman–Crippen MR) is 123 cm³/mol. The van der Waals surface area contributed by atoms with Crippen molar-refractivity contribution in [2.45, 2.75) is 12.7 Å². The number of amides is 1. The summed E-state index contributed by atoms with van der Waals surface area (Å²) in [7, 11) is 0. The summed E-state index contributed by atoms with van der Waals surface area (Å²) >= 11 is 7.43. The summed E-state index contributed by atoms with van der Waals surface area (Å²) in [6.45, 7) is 2.10. The number of esters is 1. The maximum atomic E-state index is 11.9. The molecule has 1 amide bonds. The van der Waals surface area contributed by atoms with Crippen molar-refractivity contribution >= 4 is 41.5 Å². The molecular formula is C23H21ClN2O4S. The molecule has 0 saturated heterocycles. The molecule has 0 fully saturated rings. The average molecular weight is 457 g/mol. The van der Waals surface area contributed by atoms with Gasteiger partial charge in [0.2, 0.25) is 5.91 Å². The van der Waals surface area contributed by atoms with Crippen molar-refractivity contribution in [3.63, 3.8) is 0 Å². The van der Waals surface area contributed by atoms with Crippen molar-refractivity contribution < 1.29 is 18.7 Å². The highest BCUT2D eigenvalue weighted by Crippen LogP contribution is 2.22. The molecule has 160 valence electrons. The van der Waals surface area contributed by atoms with E-state index in [1.807, 2.05) is 24.3 Å². The highest BCUT2D eigenvalue weighted by Gasteiger charge is 2.08. The molecule has 0 unspecified atom stereocenters. The number of rotatable bonds is 9. The molecule has 3 aromatic rings. The summed E-state index contributed by atoms with van der Waals surface area (Å²) < 4.78 is 10.7. The minimum absolute atomic E-state index is 0.204. The summed E-state index contributed by atoms with van der Waals surface area (Å²) in [6.07, 6.45) is 1.44. The van der Waals surface area contributed by atoms with Crippen LogP contribution < -0.4 is 5.43 Å².